The van der Waals surface area contributed by atoms with Crippen molar-refractivity contribution in [3.63, 3.8) is 0 Å². The van der Waals surface area contributed by atoms with E-state index in [-0.39, 0.29) is 18.8 Å². The van der Waals surface area contributed by atoms with Crippen molar-refractivity contribution in [2.24, 2.45) is 5.92 Å². The summed E-state index contributed by atoms with van der Waals surface area (Å²) in [7, 11) is 1.63. The zero-order chi connectivity index (χ0) is 26.4. The van der Waals surface area contributed by atoms with Gasteiger partial charge in [0.15, 0.2) is 11.5 Å². The molecule has 200 valence electrons. The number of carboxylic acids is 1. The van der Waals surface area contributed by atoms with Crippen LogP contribution in [0.15, 0.2) is 53.1 Å². The highest BCUT2D eigenvalue weighted by atomic mass is 35.5. The Morgan fingerprint density at radius 1 is 1.03 bits per heavy atom. The quantitative estimate of drug-likeness (QED) is 0.316. The fourth-order valence-electron chi connectivity index (χ4n) is 5.54. The topological polar surface area (TPSA) is 68.2 Å². The van der Waals surface area contributed by atoms with Gasteiger partial charge in [0.05, 0.1) is 13.0 Å². The summed E-state index contributed by atoms with van der Waals surface area (Å²) in [5, 5.41) is 11.4. The first-order valence-corrected chi connectivity index (χ1v) is 13.7. The van der Waals surface area contributed by atoms with Crippen molar-refractivity contribution in [2.75, 3.05) is 27.0 Å². The molecule has 2 aliphatic rings. The zero-order valence-electron chi connectivity index (χ0n) is 22.0. The second-order valence-electron chi connectivity index (χ2n) is 9.95. The number of unbranched alkanes of at least 4 members (excludes halogenated alkanes) is 2. The lowest BCUT2D eigenvalue weighted by Gasteiger charge is -2.28. The molecule has 1 N–H and O–H groups in total. The Bertz CT molecular complexity index is 1090. The minimum absolute atomic E-state index is 0.186. The molecule has 1 fully saturated rings. The molecule has 2 aliphatic heterocycles. The number of hydrogen-bond donors (Lipinski definition) is 1. The molecule has 0 aliphatic carbocycles. The first-order valence-electron chi connectivity index (χ1n) is 13.3. The van der Waals surface area contributed by atoms with Crippen LogP contribution in [0.4, 0.5) is 0 Å². The predicted octanol–water partition coefficient (Wildman–Crippen LogP) is 7.14. The number of likely N-dealkylation sites (tertiary alicyclic amines) is 1. The molecule has 37 heavy (non-hydrogen) atoms. The second-order valence-corrected chi connectivity index (χ2v) is 10.4. The molecule has 0 amide bonds. The normalized spacial score (nSPS) is 20.7. The number of halogens is 1. The molecule has 1 saturated heterocycles. The SMILES string of the molecule is CCCCC(CCCC)=C(Cl)CN1C[C@H](c2ccc3c(c2)OCO3)[C@H](C(=O)O)[C@H]1c1ccc(OC)cc1. The van der Waals surface area contributed by atoms with Gasteiger partial charge in [0.1, 0.15) is 5.75 Å². The van der Waals surface area contributed by atoms with E-state index in [1.165, 1.54) is 5.57 Å². The van der Waals surface area contributed by atoms with Gasteiger partial charge in [-0.05, 0) is 61.1 Å². The van der Waals surface area contributed by atoms with Gasteiger partial charge < -0.3 is 19.3 Å². The Balaban J connectivity index is 1.72. The van der Waals surface area contributed by atoms with Crippen LogP contribution in [0.25, 0.3) is 0 Å². The number of benzene rings is 2. The zero-order valence-corrected chi connectivity index (χ0v) is 22.8. The number of carboxylic acid groups (broad SMARTS) is 1. The Hall–Kier alpha value is -2.70. The standard InChI is InChI=1S/C30H38ClNO5/c1-4-6-8-20(9-7-5-2)25(31)18-32-17-24(22-12-15-26-27(16-22)37-19-36-26)28(30(33)34)29(32)21-10-13-23(35-3)14-11-21/h10-16,24,28-29H,4-9,17-19H2,1-3H3,(H,33,34)/t24-,28+,29-/m1/s1. The average molecular weight is 528 g/mol. The number of nitrogens with zero attached hydrogens (tertiary/aromatic N) is 1. The number of ether oxygens (including phenoxy) is 3. The molecule has 6 nitrogen and oxygen atoms in total. The maximum absolute atomic E-state index is 12.8. The number of allylic oxidation sites excluding steroid dienone is 1. The monoisotopic (exact) mass is 527 g/mol. The summed E-state index contributed by atoms with van der Waals surface area (Å²) in [6.07, 6.45) is 6.43. The molecule has 0 unspecified atom stereocenters. The lowest BCUT2D eigenvalue weighted by atomic mass is 9.82. The Morgan fingerprint density at radius 2 is 1.68 bits per heavy atom. The van der Waals surface area contributed by atoms with Crippen LogP contribution >= 0.6 is 11.6 Å². The van der Waals surface area contributed by atoms with E-state index in [0.717, 1.165) is 60.4 Å². The van der Waals surface area contributed by atoms with Gasteiger partial charge in [-0.1, -0.05) is 62.1 Å². The van der Waals surface area contributed by atoms with E-state index in [1.807, 2.05) is 42.5 Å². The highest BCUT2D eigenvalue weighted by Crippen LogP contribution is 2.48. The largest absolute Gasteiger partial charge is 0.497 e. The molecule has 2 heterocycles. The average Bonchev–Trinajstić information content (AvgIpc) is 3.53. The summed E-state index contributed by atoms with van der Waals surface area (Å²) in [6, 6.07) is 13.2. The second kappa shape index (κ2) is 12.7. The molecule has 2 aromatic rings. The molecule has 0 spiro atoms. The molecule has 0 bridgehead atoms. The van der Waals surface area contributed by atoms with Crippen molar-refractivity contribution in [3.05, 3.63) is 64.2 Å². The highest BCUT2D eigenvalue weighted by molar-refractivity contribution is 6.30. The molecule has 0 saturated carbocycles. The number of rotatable bonds is 12. The summed E-state index contributed by atoms with van der Waals surface area (Å²) in [6.45, 7) is 5.69. The van der Waals surface area contributed by atoms with Crippen LogP contribution in [0, 0.1) is 5.92 Å². The molecule has 2 aromatic carbocycles. The van der Waals surface area contributed by atoms with Crippen LogP contribution in [0.2, 0.25) is 0 Å². The van der Waals surface area contributed by atoms with Gasteiger partial charge in [-0.2, -0.15) is 0 Å². The third-order valence-electron chi connectivity index (χ3n) is 7.56. The lowest BCUT2D eigenvalue weighted by Crippen LogP contribution is -2.30. The van der Waals surface area contributed by atoms with Crippen LogP contribution in [0.5, 0.6) is 17.2 Å². The Morgan fingerprint density at radius 3 is 2.30 bits per heavy atom. The molecular weight excluding hydrogens is 490 g/mol. The fraction of sp³-hybridized carbons (Fsp3) is 0.500. The van der Waals surface area contributed by atoms with Crippen molar-refractivity contribution >= 4 is 17.6 Å². The first kappa shape index (κ1) is 27.3. The first-order chi connectivity index (χ1) is 18.0. The van der Waals surface area contributed by atoms with E-state index in [4.69, 9.17) is 25.8 Å². The summed E-state index contributed by atoms with van der Waals surface area (Å²) in [5.74, 6) is 0.418. The van der Waals surface area contributed by atoms with Gasteiger partial charge in [-0.25, -0.2) is 0 Å². The Kier molecular flexibility index (Phi) is 9.38. The van der Waals surface area contributed by atoms with E-state index >= 15 is 0 Å². The van der Waals surface area contributed by atoms with Gasteiger partial charge in [0.2, 0.25) is 6.79 Å². The van der Waals surface area contributed by atoms with Gasteiger partial charge >= 0.3 is 5.97 Å². The van der Waals surface area contributed by atoms with E-state index in [2.05, 4.69) is 18.7 Å². The number of carbonyl (C=O) groups is 1. The van der Waals surface area contributed by atoms with Gasteiger partial charge in [-0.3, -0.25) is 9.69 Å². The summed E-state index contributed by atoms with van der Waals surface area (Å²) in [4.78, 5) is 15.1. The van der Waals surface area contributed by atoms with Crippen molar-refractivity contribution in [1.82, 2.24) is 4.90 Å². The Labute approximate surface area is 225 Å². The minimum Gasteiger partial charge on any atom is -0.497 e. The molecule has 0 radical (unpaired) electrons. The molecule has 0 aromatic heterocycles. The number of hydrogen-bond acceptors (Lipinski definition) is 5. The van der Waals surface area contributed by atoms with Gasteiger partial charge in [-0.15, -0.1) is 0 Å². The van der Waals surface area contributed by atoms with Crippen molar-refractivity contribution < 1.29 is 24.1 Å². The summed E-state index contributed by atoms with van der Waals surface area (Å²) >= 11 is 7.03. The third kappa shape index (κ3) is 6.24. The van der Waals surface area contributed by atoms with Crippen LogP contribution in [0.1, 0.15) is 75.5 Å². The maximum Gasteiger partial charge on any atom is 0.309 e. The maximum atomic E-state index is 12.8. The summed E-state index contributed by atoms with van der Waals surface area (Å²) < 4.78 is 16.4. The van der Waals surface area contributed by atoms with Crippen LogP contribution in [-0.4, -0.2) is 43.0 Å². The lowest BCUT2D eigenvalue weighted by molar-refractivity contribution is -0.143. The van der Waals surface area contributed by atoms with Crippen LogP contribution in [0.3, 0.4) is 0 Å². The molecule has 4 rings (SSSR count). The number of aliphatic carboxylic acids is 1. The van der Waals surface area contributed by atoms with Crippen molar-refractivity contribution in [2.45, 2.75) is 64.3 Å². The van der Waals surface area contributed by atoms with Crippen molar-refractivity contribution in [3.8, 4) is 17.2 Å². The van der Waals surface area contributed by atoms with Gasteiger partial charge in [0, 0.05) is 30.1 Å². The van der Waals surface area contributed by atoms with E-state index in [9.17, 15) is 9.90 Å². The van der Waals surface area contributed by atoms with E-state index in [1.54, 1.807) is 7.11 Å². The van der Waals surface area contributed by atoms with Crippen LogP contribution in [-0.2, 0) is 4.79 Å². The van der Waals surface area contributed by atoms with Crippen LogP contribution < -0.4 is 14.2 Å². The fourth-order valence-corrected chi connectivity index (χ4v) is 5.88. The third-order valence-corrected chi connectivity index (χ3v) is 7.94. The molecule has 3 atom stereocenters. The van der Waals surface area contributed by atoms with Gasteiger partial charge in [0.25, 0.3) is 0 Å². The van der Waals surface area contributed by atoms with E-state index < -0.39 is 11.9 Å². The molecule has 7 heteroatoms. The predicted molar refractivity (Wildman–Crippen MR) is 146 cm³/mol. The van der Waals surface area contributed by atoms with Crippen molar-refractivity contribution in [1.29, 1.82) is 0 Å². The molecular formula is C30H38ClNO5. The number of methoxy groups -OCH3 is 1. The minimum atomic E-state index is -0.816. The van der Waals surface area contributed by atoms with E-state index in [0.29, 0.717) is 24.6 Å². The summed E-state index contributed by atoms with van der Waals surface area (Å²) in [5.41, 5.74) is 3.19. The number of fused-ring (bicyclic) bond motifs is 1. The smallest absolute Gasteiger partial charge is 0.309 e. The highest BCUT2D eigenvalue weighted by Gasteiger charge is 2.47.